The summed E-state index contributed by atoms with van der Waals surface area (Å²) < 4.78 is 13.1. The smallest absolute Gasteiger partial charge is 0.271 e. The lowest BCUT2D eigenvalue weighted by Gasteiger charge is -2.24. The molecule has 1 N–H and O–H groups in total. The average Bonchev–Trinajstić information content (AvgIpc) is 2.87. The van der Waals surface area contributed by atoms with Gasteiger partial charge in [-0.2, -0.15) is 0 Å². The number of aliphatic hydroxyl groups is 1. The first-order chi connectivity index (χ1) is 13.2. The maximum atomic E-state index is 11.8. The van der Waals surface area contributed by atoms with Crippen LogP contribution >= 0.6 is 0 Å². The molecule has 0 spiro atoms. The number of methoxy groups -OCH3 is 2. The fourth-order valence-corrected chi connectivity index (χ4v) is 4.25. The summed E-state index contributed by atoms with van der Waals surface area (Å²) in [7, 11) is 3.35. The molecule has 2 aliphatic heterocycles. The fraction of sp³-hybridized carbons (Fsp3) is 0.409. The molecule has 0 bridgehead atoms. The van der Waals surface area contributed by atoms with Gasteiger partial charge in [0.15, 0.2) is 18.0 Å². The number of benzene rings is 2. The number of rotatable bonds is 4. The van der Waals surface area contributed by atoms with Gasteiger partial charge in [-0.1, -0.05) is 12.1 Å². The van der Waals surface area contributed by atoms with E-state index in [-0.39, 0.29) is 17.0 Å². The van der Waals surface area contributed by atoms with Crippen molar-refractivity contribution in [3.63, 3.8) is 0 Å². The van der Waals surface area contributed by atoms with Crippen LogP contribution in [0.4, 0.5) is 5.69 Å². The molecule has 0 saturated heterocycles. The van der Waals surface area contributed by atoms with Crippen LogP contribution in [0.25, 0.3) is 0 Å². The lowest BCUT2D eigenvalue weighted by Crippen LogP contribution is -3.00. The number of ether oxygens (including phenoxy) is 2. The lowest BCUT2D eigenvalue weighted by molar-refractivity contribution is -0.658. The zero-order valence-corrected chi connectivity index (χ0v) is 18.0. The van der Waals surface area contributed by atoms with E-state index in [4.69, 9.17) is 9.47 Å². The molecule has 0 aromatic heterocycles. The van der Waals surface area contributed by atoms with E-state index in [1.165, 1.54) is 12.3 Å². The first kappa shape index (κ1) is 20.7. The Labute approximate surface area is 177 Å². The highest BCUT2D eigenvalue weighted by atomic mass is 79.9. The van der Waals surface area contributed by atoms with Crippen LogP contribution in [0.15, 0.2) is 48.5 Å². The van der Waals surface area contributed by atoms with Crippen LogP contribution in [0.2, 0.25) is 0 Å². The van der Waals surface area contributed by atoms with Gasteiger partial charge in [0.1, 0.15) is 5.75 Å². The van der Waals surface area contributed by atoms with E-state index in [0.717, 1.165) is 48.6 Å². The summed E-state index contributed by atoms with van der Waals surface area (Å²) in [6.45, 7) is 1.33. The monoisotopic (exact) mass is 446 g/mol. The van der Waals surface area contributed by atoms with E-state index in [1.807, 2.05) is 42.5 Å². The molecule has 2 aliphatic rings. The van der Waals surface area contributed by atoms with E-state index >= 15 is 0 Å². The van der Waals surface area contributed by atoms with Gasteiger partial charge in [0.05, 0.1) is 20.8 Å². The molecule has 2 heterocycles. The summed E-state index contributed by atoms with van der Waals surface area (Å²) in [6.07, 6.45) is 4.35. The van der Waals surface area contributed by atoms with Crippen LogP contribution in [0.3, 0.4) is 0 Å². The van der Waals surface area contributed by atoms with Crippen LogP contribution in [0.1, 0.15) is 31.2 Å². The van der Waals surface area contributed by atoms with Gasteiger partial charge in [-0.15, -0.1) is 0 Å². The largest absolute Gasteiger partial charge is 1.00 e. The molecule has 28 heavy (non-hydrogen) atoms. The van der Waals surface area contributed by atoms with Crippen molar-refractivity contribution in [2.24, 2.45) is 0 Å². The maximum Gasteiger partial charge on any atom is 0.271 e. The Bertz CT molecular complexity index is 853. The third kappa shape index (κ3) is 3.51. The Hall–Kier alpha value is -2.05. The normalized spacial score (nSPS) is 21.6. The Kier molecular flexibility index (Phi) is 6.30. The van der Waals surface area contributed by atoms with Crippen molar-refractivity contribution < 1.29 is 36.1 Å². The second kappa shape index (κ2) is 8.53. The van der Waals surface area contributed by atoms with Crippen molar-refractivity contribution in [2.75, 3.05) is 32.2 Å². The number of hydrogen-bond donors (Lipinski definition) is 1. The molecular weight excluding hydrogens is 420 g/mol. The molecule has 0 amide bonds. The molecule has 0 fully saturated rings. The Morgan fingerprint density at radius 2 is 1.71 bits per heavy atom. The minimum Gasteiger partial charge on any atom is -1.00 e. The number of anilines is 1. The zero-order valence-electron chi connectivity index (χ0n) is 16.4. The van der Waals surface area contributed by atoms with Crippen LogP contribution in [0.5, 0.6) is 11.5 Å². The van der Waals surface area contributed by atoms with Crippen molar-refractivity contribution in [3.05, 3.63) is 54.1 Å². The number of nitrogens with zero attached hydrogens (tertiary/aromatic N) is 2. The Balaban J connectivity index is 0.00000225. The quantitative estimate of drug-likeness (QED) is 0.688. The van der Waals surface area contributed by atoms with Crippen molar-refractivity contribution >= 4 is 11.5 Å². The van der Waals surface area contributed by atoms with Gasteiger partial charge >= 0.3 is 0 Å². The molecule has 0 saturated carbocycles. The lowest BCUT2D eigenvalue weighted by atomic mass is 10.0. The van der Waals surface area contributed by atoms with Crippen LogP contribution in [0, 0.1) is 0 Å². The van der Waals surface area contributed by atoms with Gasteiger partial charge in [-0.25, -0.2) is 9.48 Å². The summed E-state index contributed by atoms with van der Waals surface area (Å²) in [5.74, 6) is 2.80. The highest BCUT2D eigenvalue weighted by Gasteiger charge is 2.52. The second-order valence-electron chi connectivity index (χ2n) is 7.18. The molecule has 6 heteroatoms. The van der Waals surface area contributed by atoms with E-state index in [0.29, 0.717) is 6.54 Å². The summed E-state index contributed by atoms with van der Waals surface area (Å²) in [4.78, 5) is 2.23. The maximum absolute atomic E-state index is 11.8. The number of β-amino-alcohol motifs (C(OH)–C–C–N with tert-alkyl or cyclic N) is 1. The molecule has 0 aliphatic carbocycles. The number of halogens is 1. The van der Waals surface area contributed by atoms with Gasteiger partial charge < -0.3 is 31.6 Å². The van der Waals surface area contributed by atoms with Crippen LogP contribution in [-0.2, 0) is 5.72 Å². The van der Waals surface area contributed by atoms with Gasteiger partial charge in [-0.3, -0.25) is 0 Å². The molecule has 150 valence electrons. The van der Waals surface area contributed by atoms with Gasteiger partial charge in [0.25, 0.3) is 11.6 Å². The van der Waals surface area contributed by atoms with Gasteiger partial charge in [0.2, 0.25) is 0 Å². The van der Waals surface area contributed by atoms with Crippen LogP contribution in [-0.4, -0.2) is 42.8 Å². The molecule has 1 unspecified atom stereocenters. The van der Waals surface area contributed by atoms with Crippen molar-refractivity contribution in [3.8, 4) is 11.5 Å². The SMILES string of the molecule is COc1ccc(C2(O)CN(c3ccccc3OC)C3=[N+]2CCCCC3)cc1.[Br-]. The first-order valence-electron chi connectivity index (χ1n) is 9.58. The van der Waals surface area contributed by atoms with E-state index in [2.05, 4.69) is 15.5 Å². The molecule has 2 aromatic carbocycles. The number of para-hydroxylation sites is 2. The summed E-state index contributed by atoms with van der Waals surface area (Å²) >= 11 is 0. The third-order valence-electron chi connectivity index (χ3n) is 5.66. The standard InChI is InChI=1S/C22H27N2O3.BrH/c1-26-18-13-11-17(12-14-18)22(25)16-23(19-8-5-6-9-20(19)27-2)21-10-4-3-7-15-24(21)22;/h5-6,8-9,11-14,25H,3-4,7,10,15-16H2,1-2H3;1H/q+1;/p-1. The third-order valence-corrected chi connectivity index (χ3v) is 5.66. The first-order valence-corrected chi connectivity index (χ1v) is 9.58. The van der Waals surface area contributed by atoms with E-state index in [1.54, 1.807) is 14.2 Å². The predicted octanol–water partition coefficient (Wildman–Crippen LogP) is 0.358. The van der Waals surface area contributed by atoms with Crippen molar-refractivity contribution in [2.45, 2.75) is 31.4 Å². The van der Waals surface area contributed by atoms with Crippen molar-refractivity contribution in [1.29, 1.82) is 0 Å². The summed E-state index contributed by atoms with van der Waals surface area (Å²) in [6, 6.07) is 15.8. The molecule has 0 radical (unpaired) electrons. The molecule has 2 aromatic rings. The fourth-order valence-electron chi connectivity index (χ4n) is 4.25. The highest BCUT2D eigenvalue weighted by Crippen LogP contribution is 2.38. The minimum absolute atomic E-state index is 0. The number of hydrogen-bond acceptors (Lipinski definition) is 4. The molecule has 4 rings (SSSR count). The second-order valence-corrected chi connectivity index (χ2v) is 7.18. The summed E-state index contributed by atoms with van der Waals surface area (Å²) in [5, 5.41) is 11.8. The Morgan fingerprint density at radius 1 is 0.964 bits per heavy atom. The average molecular weight is 447 g/mol. The van der Waals surface area contributed by atoms with Gasteiger partial charge in [-0.05, 0) is 55.7 Å². The van der Waals surface area contributed by atoms with E-state index in [9.17, 15) is 5.11 Å². The molecule has 1 atom stereocenters. The predicted molar refractivity (Wildman–Crippen MR) is 106 cm³/mol. The molecular formula is C22H27BrN2O3. The van der Waals surface area contributed by atoms with E-state index < -0.39 is 5.72 Å². The minimum atomic E-state index is -1.06. The van der Waals surface area contributed by atoms with Crippen LogP contribution < -0.4 is 31.4 Å². The molecule has 5 nitrogen and oxygen atoms in total. The Morgan fingerprint density at radius 3 is 2.43 bits per heavy atom. The van der Waals surface area contributed by atoms with Gasteiger partial charge in [0, 0.05) is 12.0 Å². The zero-order chi connectivity index (χ0) is 18.9. The topological polar surface area (TPSA) is 44.9 Å². The summed E-state index contributed by atoms with van der Waals surface area (Å²) in [5.41, 5.74) is 0.832. The van der Waals surface area contributed by atoms with Crippen molar-refractivity contribution in [1.82, 2.24) is 0 Å². The number of amidine groups is 1. The highest BCUT2D eigenvalue weighted by molar-refractivity contribution is 5.97.